The van der Waals surface area contributed by atoms with Crippen LogP contribution in [0, 0.1) is 12.7 Å². The number of aryl methyl sites for hydroxylation is 1. The van der Waals surface area contributed by atoms with Crippen molar-refractivity contribution in [3.05, 3.63) is 51.4 Å². The predicted octanol–water partition coefficient (Wildman–Crippen LogP) is 2.72. The zero-order chi connectivity index (χ0) is 19.4. The summed E-state index contributed by atoms with van der Waals surface area (Å²) in [6, 6.07) is 2.79. The van der Waals surface area contributed by atoms with Crippen LogP contribution in [0.15, 0.2) is 29.3 Å². The van der Waals surface area contributed by atoms with Gasteiger partial charge < -0.3 is 9.30 Å². The van der Waals surface area contributed by atoms with E-state index in [4.69, 9.17) is 0 Å². The SMILES string of the molecule is Cc1cn2cc(-c3cc(=O)n4nc(C5CCN(C)CC5)sc4n3)cc(F)c2n1. The van der Waals surface area contributed by atoms with Gasteiger partial charge >= 0.3 is 0 Å². The zero-order valence-corrected chi connectivity index (χ0v) is 16.4. The Morgan fingerprint density at radius 2 is 1.96 bits per heavy atom. The molecule has 5 heterocycles. The van der Waals surface area contributed by atoms with Gasteiger partial charge in [0.05, 0.1) is 11.4 Å². The van der Waals surface area contributed by atoms with Crippen LogP contribution < -0.4 is 5.56 Å². The van der Waals surface area contributed by atoms with Gasteiger partial charge in [-0.1, -0.05) is 11.3 Å². The first-order chi connectivity index (χ1) is 13.5. The second kappa shape index (κ2) is 6.46. The van der Waals surface area contributed by atoms with Gasteiger partial charge in [0.25, 0.3) is 5.56 Å². The fourth-order valence-corrected chi connectivity index (χ4v) is 4.79. The molecule has 1 aliphatic rings. The van der Waals surface area contributed by atoms with E-state index in [9.17, 15) is 9.18 Å². The molecule has 0 unspecified atom stereocenters. The van der Waals surface area contributed by atoms with Crippen molar-refractivity contribution < 1.29 is 4.39 Å². The molecule has 28 heavy (non-hydrogen) atoms. The Balaban J connectivity index is 1.58. The first-order valence-corrected chi connectivity index (χ1v) is 10.0. The Morgan fingerprint density at radius 1 is 1.18 bits per heavy atom. The summed E-state index contributed by atoms with van der Waals surface area (Å²) in [5.41, 5.74) is 1.72. The number of hydrogen-bond acceptors (Lipinski definition) is 6. The van der Waals surface area contributed by atoms with Crippen LogP contribution in [0.4, 0.5) is 4.39 Å². The summed E-state index contributed by atoms with van der Waals surface area (Å²) in [7, 11) is 2.12. The van der Waals surface area contributed by atoms with Crippen LogP contribution in [0.25, 0.3) is 21.9 Å². The minimum atomic E-state index is -0.441. The molecule has 0 aliphatic carbocycles. The number of fused-ring (bicyclic) bond motifs is 2. The van der Waals surface area contributed by atoms with Gasteiger partial charge in [0.2, 0.25) is 4.96 Å². The Bertz CT molecular complexity index is 1250. The molecule has 0 amide bonds. The van der Waals surface area contributed by atoms with Gasteiger partial charge in [-0.2, -0.15) is 9.61 Å². The standard InChI is InChI=1S/C19H19FN6OS/c1-11-9-25-10-13(7-14(20)17(25)21-11)15-8-16(27)26-19(22-15)28-18(23-26)12-3-5-24(2)6-4-12/h7-10,12H,3-6H2,1-2H3. The van der Waals surface area contributed by atoms with E-state index in [1.807, 2.05) is 6.92 Å². The number of halogens is 1. The Kier molecular flexibility index (Phi) is 4.02. The van der Waals surface area contributed by atoms with Gasteiger partial charge in [-0.3, -0.25) is 4.79 Å². The van der Waals surface area contributed by atoms with E-state index in [0.29, 0.717) is 22.1 Å². The van der Waals surface area contributed by atoms with Crippen LogP contribution in [-0.4, -0.2) is 49.0 Å². The van der Waals surface area contributed by atoms with Crippen LogP contribution in [0.5, 0.6) is 0 Å². The highest BCUT2D eigenvalue weighted by molar-refractivity contribution is 7.16. The Hall–Kier alpha value is -2.65. The lowest BCUT2D eigenvalue weighted by atomic mass is 9.98. The maximum Gasteiger partial charge on any atom is 0.275 e. The Labute approximate surface area is 164 Å². The summed E-state index contributed by atoms with van der Waals surface area (Å²) in [5, 5.41) is 5.46. The molecule has 1 fully saturated rings. The van der Waals surface area contributed by atoms with Gasteiger partial charge in [-0.05, 0) is 46.0 Å². The van der Waals surface area contributed by atoms with Crippen molar-refractivity contribution in [3.8, 4) is 11.3 Å². The lowest BCUT2D eigenvalue weighted by Crippen LogP contribution is -2.29. The molecule has 1 saturated heterocycles. The molecule has 0 spiro atoms. The maximum absolute atomic E-state index is 14.4. The lowest BCUT2D eigenvalue weighted by Gasteiger charge is -2.27. The fourth-order valence-electron chi connectivity index (χ4n) is 3.71. The number of pyridine rings is 1. The highest BCUT2D eigenvalue weighted by atomic mass is 32.1. The number of nitrogens with zero attached hydrogens (tertiary/aromatic N) is 6. The third-order valence-electron chi connectivity index (χ3n) is 5.25. The van der Waals surface area contributed by atoms with Crippen molar-refractivity contribution in [3.63, 3.8) is 0 Å². The minimum Gasteiger partial charge on any atom is -0.306 e. The molecule has 0 bridgehead atoms. The van der Waals surface area contributed by atoms with E-state index in [1.54, 1.807) is 16.8 Å². The maximum atomic E-state index is 14.4. The number of hydrogen-bond donors (Lipinski definition) is 0. The molecule has 1 aliphatic heterocycles. The Morgan fingerprint density at radius 3 is 2.75 bits per heavy atom. The summed E-state index contributed by atoms with van der Waals surface area (Å²) in [6.07, 6.45) is 5.55. The molecule has 9 heteroatoms. The third-order valence-corrected chi connectivity index (χ3v) is 6.32. The van der Waals surface area contributed by atoms with E-state index >= 15 is 0 Å². The average molecular weight is 398 g/mol. The highest BCUT2D eigenvalue weighted by Crippen LogP contribution is 2.30. The summed E-state index contributed by atoms with van der Waals surface area (Å²) >= 11 is 1.45. The van der Waals surface area contributed by atoms with E-state index < -0.39 is 5.82 Å². The predicted molar refractivity (Wildman–Crippen MR) is 105 cm³/mol. The molecule has 4 aromatic rings. The van der Waals surface area contributed by atoms with Gasteiger partial charge in [0, 0.05) is 29.9 Å². The number of rotatable bonds is 2. The molecule has 0 N–H and O–H groups in total. The van der Waals surface area contributed by atoms with Gasteiger partial charge in [-0.25, -0.2) is 14.4 Å². The molecule has 0 aromatic carbocycles. The smallest absolute Gasteiger partial charge is 0.275 e. The summed E-state index contributed by atoms with van der Waals surface area (Å²) in [6.45, 7) is 3.86. The van der Waals surface area contributed by atoms with E-state index in [2.05, 4.69) is 27.0 Å². The van der Waals surface area contributed by atoms with Crippen LogP contribution in [0.3, 0.4) is 0 Å². The molecule has 0 radical (unpaired) electrons. The van der Waals surface area contributed by atoms with Crippen molar-refractivity contribution in [2.24, 2.45) is 0 Å². The van der Waals surface area contributed by atoms with Gasteiger partial charge in [-0.15, -0.1) is 0 Å². The van der Waals surface area contributed by atoms with Crippen LogP contribution in [0.2, 0.25) is 0 Å². The van der Waals surface area contributed by atoms with Crippen molar-refractivity contribution in [2.45, 2.75) is 25.7 Å². The molecule has 0 atom stereocenters. The van der Waals surface area contributed by atoms with E-state index in [0.717, 1.165) is 36.6 Å². The number of piperidine rings is 1. The molecule has 0 saturated carbocycles. The van der Waals surface area contributed by atoms with Crippen LogP contribution in [-0.2, 0) is 0 Å². The normalized spacial score (nSPS) is 16.4. The molecular formula is C19H19FN6OS. The van der Waals surface area contributed by atoms with Gasteiger partial charge in [0.15, 0.2) is 11.5 Å². The average Bonchev–Trinajstić information content (AvgIpc) is 3.26. The number of imidazole rings is 1. The first kappa shape index (κ1) is 17.4. The summed E-state index contributed by atoms with van der Waals surface area (Å²) in [5.74, 6) is -0.0858. The minimum absolute atomic E-state index is 0.252. The molecule has 7 nitrogen and oxygen atoms in total. The molecule has 144 valence electrons. The topological polar surface area (TPSA) is 67.8 Å². The largest absolute Gasteiger partial charge is 0.306 e. The number of aromatic nitrogens is 5. The lowest BCUT2D eigenvalue weighted by molar-refractivity contribution is 0.254. The molecular weight excluding hydrogens is 379 g/mol. The second-order valence-electron chi connectivity index (χ2n) is 7.38. The third kappa shape index (κ3) is 2.91. The van der Waals surface area contributed by atoms with Crippen molar-refractivity contribution >= 4 is 21.9 Å². The second-order valence-corrected chi connectivity index (χ2v) is 8.37. The van der Waals surface area contributed by atoms with E-state index in [1.165, 1.54) is 28.0 Å². The first-order valence-electron chi connectivity index (χ1n) is 9.22. The van der Waals surface area contributed by atoms with Gasteiger partial charge in [0.1, 0.15) is 5.01 Å². The monoisotopic (exact) mass is 398 g/mol. The summed E-state index contributed by atoms with van der Waals surface area (Å²) < 4.78 is 17.4. The molecule has 5 rings (SSSR count). The van der Waals surface area contributed by atoms with Crippen LogP contribution in [0.1, 0.15) is 29.5 Å². The molecule has 4 aromatic heterocycles. The van der Waals surface area contributed by atoms with Crippen LogP contribution >= 0.6 is 11.3 Å². The number of likely N-dealkylation sites (tertiary alicyclic amines) is 1. The van der Waals surface area contributed by atoms with Crippen molar-refractivity contribution in [1.82, 2.24) is 28.9 Å². The fraction of sp³-hybridized carbons (Fsp3) is 0.368. The quantitative estimate of drug-likeness (QED) is 0.519. The highest BCUT2D eigenvalue weighted by Gasteiger charge is 2.23. The summed E-state index contributed by atoms with van der Waals surface area (Å²) in [4.78, 5) is 24.2. The van der Waals surface area contributed by atoms with Crippen molar-refractivity contribution in [2.75, 3.05) is 20.1 Å². The van der Waals surface area contributed by atoms with Crippen molar-refractivity contribution in [1.29, 1.82) is 0 Å². The zero-order valence-electron chi connectivity index (χ0n) is 15.6. The van der Waals surface area contributed by atoms with E-state index in [-0.39, 0.29) is 11.2 Å².